The summed E-state index contributed by atoms with van der Waals surface area (Å²) in [5.74, 6) is -0.172. The Bertz CT molecular complexity index is 638. The van der Waals surface area contributed by atoms with Crippen molar-refractivity contribution in [2.24, 2.45) is 0 Å². The summed E-state index contributed by atoms with van der Waals surface area (Å²) in [5, 5.41) is 20.3. The minimum atomic E-state index is -0.251. The van der Waals surface area contributed by atoms with E-state index in [2.05, 4.69) is 15.6 Å². The standard InChI is InChI=1S/C11H9ClN4O2/c12-6-1-2-7-9(3-6)16-10(4-11(18)13-7)8(5-17)14-15-16/h1-3,17H,4-5H2,(H,13,18). The molecule has 0 unspecified atom stereocenters. The summed E-state index contributed by atoms with van der Waals surface area (Å²) in [6.07, 6.45) is 0.120. The number of hydrogen-bond donors (Lipinski definition) is 2. The fraction of sp³-hybridized carbons (Fsp3) is 0.182. The van der Waals surface area contributed by atoms with E-state index in [4.69, 9.17) is 11.6 Å². The van der Waals surface area contributed by atoms with Crippen LogP contribution in [0.2, 0.25) is 5.02 Å². The summed E-state index contributed by atoms with van der Waals surface area (Å²) in [6.45, 7) is -0.251. The van der Waals surface area contributed by atoms with Crippen LogP contribution in [0, 0.1) is 0 Å². The second-order valence-corrected chi connectivity index (χ2v) is 4.38. The molecule has 1 aromatic heterocycles. The second-order valence-electron chi connectivity index (χ2n) is 3.94. The van der Waals surface area contributed by atoms with Crippen LogP contribution in [0.4, 0.5) is 5.69 Å². The van der Waals surface area contributed by atoms with Crippen molar-refractivity contribution in [2.45, 2.75) is 13.0 Å². The Kier molecular flexibility index (Phi) is 2.53. The van der Waals surface area contributed by atoms with Crippen molar-refractivity contribution >= 4 is 23.2 Å². The van der Waals surface area contributed by atoms with E-state index in [1.807, 2.05) is 0 Å². The molecule has 0 saturated heterocycles. The van der Waals surface area contributed by atoms with Gasteiger partial charge in [-0.2, -0.15) is 0 Å². The highest BCUT2D eigenvalue weighted by molar-refractivity contribution is 6.31. The molecule has 1 aromatic carbocycles. The molecular formula is C11H9ClN4O2. The van der Waals surface area contributed by atoms with E-state index in [9.17, 15) is 9.90 Å². The highest BCUT2D eigenvalue weighted by Gasteiger charge is 2.23. The number of benzene rings is 1. The molecule has 7 heteroatoms. The van der Waals surface area contributed by atoms with Gasteiger partial charge in [0, 0.05) is 5.02 Å². The molecule has 1 aliphatic rings. The van der Waals surface area contributed by atoms with Gasteiger partial charge in [-0.3, -0.25) is 4.79 Å². The number of aliphatic hydroxyl groups is 1. The average molecular weight is 265 g/mol. The van der Waals surface area contributed by atoms with E-state index in [1.54, 1.807) is 18.2 Å². The van der Waals surface area contributed by atoms with Crippen LogP contribution in [0.1, 0.15) is 11.4 Å². The van der Waals surface area contributed by atoms with Gasteiger partial charge in [-0.25, -0.2) is 4.68 Å². The second kappa shape index (κ2) is 4.08. The van der Waals surface area contributed by atoms with Crippen LogP contribution >= 0.6 is 11.6 Å². The third-order valence-electron chi connectivity index (χ3n) is 2.78. The topological polar surface area (TPSA) is 80.0 Å². The highest BCUT2D eigenvalue weighted by atomic mass is 35.5. The van der Waals surface area contributed by atoms with Crippen LogP contribution in [-0.2, 0) is 17.8 Å². The van der Waals surface area contributed by atoms with Gasteiger partial charge in [0.25, 0.3) is 0 Å². The number of amides is 1. The number of rotatable bonds is 1. The predicted molar refractivity (Wildman–Crippen MR) is 64.6 cm³/mol. The smallest absolute Gasteiger partial charge is 0.230 e. The maximum absolute atomic E-state index is 11.8. The average Bonchev–Trinajstić information content (AvgIpc) is 2.68. The Morgan fingerprint density at radius 3 is 3.11 bits per heavy atom. The fourth-order valence-electron chi connectivity index (χ4n) is 1.96. The van der Waals surface area contributed by atoms with Crippen molar-refractivity contribution in [2.75, 3.05) is 5.32 Å². The lowest BCUT2D eigenvalue weighted by molar-refractivity contribution is -0.115. The van der Waals surface area contributed by atoms with Crippen molar-refractivity contribution < 1.29 is 9.90 Å². The SMILES string of the molecule is O=C1Cc2c(CO)nnn2-c2cc(Cl)ccc2N1. The van der Waals surface area contributed by atoms with Crippen LogP contribution < -0.4 is 5.32 Å². The van der Waals surface area contributed by atoms with Crippen LogP contribution in [0.25, 0.3) is 5.69 Å². The quantitative estimate of drug-likeness (QED) is 0.802. The highest BCUT2D eigenvalue weighted by Crippen LogP contribution is 2.28. The van der Waals surface area contributed by atoms with Crippen molar-refractivity contribution in [3.63, 3.8) is 0 Å². The van der Waals surface area contributed by atoms with Gasteiger partial charge >= 0.3 is 0 Å². The Labute approximate surface area is 107 Å². The zero-order chi connectivity index (χ0) is 12.7. The van der Waals surface area contributed by atoms with Gasteiger partial charge in [-0.05, 0) is 18.2 Å². The monoisotopic (exact) mass is 264 g/mol. The number of hydrogen-bond acceptors (Lipinski definition) is 4. The van der Waals surface area contributed by atoms with Crippen molar-refractivity contribution in [3.8, 4) is 5.69 Å². The van der Waals surface area contributed by atoms with Crippen LogP contribution in [0.5, 0.6) is 0 Å². The summed E-state index contributed by atoms with van der Waals surface area (Å²) in [5.41, 5.74) is 2.25. The summed E-state index contributed by atoms with van der Waals surface area (Å²) >= 11 is 5.95. The largest absolute Gasteiger partial charge is 0.390 e. The van der Waals surface area contributed by atoms with E-state index in [0.717, 1.165) is 0 Å². The zero-order valence-corrected chi connectivity index (χ0v) is 9.98. The maximum atomic E-state index is 11.8. The summed E-state index contributed by atoms with van der Waals surface area (Å²) in [4.78, 5) is 11.8. The van der Waals surface area contributed by atoms with Gasteiger partial charge in [0.15, 0.2) is 0 Å². The first-order valence-corrected chi connectivity index (χ1v) is 5.71. The molecule has 1 aliphatic heterocycles. The van der Waals surface area contributed by atoms with Crippen LogP contribution in [0.3, 0.4) is 0 Å². The number of aliphatic hydroxyl groups excluding tert-OH is 1. The lowest BCUT2D eigenvalue weighted by atomic mass is 10.2. The van der Waals surface area contributed by atoms with E-state index < -0.39 is 0 Å². The molecule has 0 fully saturated rings. The van der Waals surface area contributed by atoms with E-state index in [-0.39, 0.29) is 18.9 Å². The summed E-state index contributed by atoms with van der Waals surface area (Å²) in [7, 11) is 0. The molecule has 92 valence electrons. The molecule has 0 spiro atoms. The fourth-order valence-corrected chi connectivity index (χ4v) is 2.12. The number of carbonyl (C=O) groups excluding carboxylic acids is 1. The number of halogens is 1. The van der Waals surface area contributed by atoms with E-state index >= 15 is 0 Å². The predicted octanol–water partition coefficient (Wildman–Crippen LogP) is 0.908. The Morgan fingerprint density at radius 1 is 1.50 bits per heavy atom. The molecule has 2 aromatic rings. The molecule has 6 nitrogen and oxygen atoms in total. The molecule has 18 heavy (non-hydrogen) atoms. The number of nitrogens with one attached hydrogen (secondary N) is 1. The first-order chi connectivity index (χ1) is 8.69. The van der Waals surface area contributed by atoms with Gasteiger partial charge in [0.05, 0.1) is 30.1 Å². The van der Waals surface area contributed by atoms with Crippen molar-refractivity contribution in [1.29, 1.82) is 0 Å². The Hall–Kier alpha value is -1.92. The molecular weight excluding hydrogens is 256 g/mol. The molecule has 0 radical (unpaired) electrons. The van der Waals surface area contributed by atoms with Crippen molar-refractivity contribution in [1.82, 2.24) is 15.0 Å². The minimum absolute atomic E-state index is 0.120. The molecule has 0 atom stereocenters. The van der Waals surface area contributed by atoms with Gasteiger partial charge < -0.3 is 10.4 Å². The number of carbonyl (C=O) groups is 1. The normalized spacial score (nSPS) is 13.6. The first kappa shape index (κ1) is 11.2. The minimum Gasteiger partial charge on any atom is -0.390 e. The van der Waals surface area contributed by atoms with Crippen LogP contribution in [0.15, 0.2) is 18.2 Å². The van der Waals surface area contributed by atoms with E-state index in [1.165, 1.54) is 4.68 Å². The van der Waals surface area contributed by atoms with Gasteiger partial charge in [-0.1, -0.05) is 16.8 Å². The number of fused-ring (bicyclic) bond motifs is 3. The van der Waals surface area contributed by atoms with E-state index in [0.29, 0.717) is 27.8 Å². The third-order valence-corrected chi connectivity index (χ3v) is 3.02. The zero-order valence-electron chi connectivity index (χ0n) is 9.22. The molecule has 3 rings (SSSR count). The molecule has 2 heterocycles. The lowest BCUT2D eigenvalue weighted by Crippen LogP contribution is -2.13. The number of anilines is 1. The Balaban J connectivity index is 2.27. The maximum Gasteiger partial charge on any atom is 0.230 e. The van der Waals surface area contributed by atoms with Crippen LogP contribution in [-0.4, -0.2) is 26.0 Å². The lowest BCUT2D eigenvalue weighted by Gasteiger charge is -2.07. The molecule has 0 saturated carbocycles. The Morgan fingerprint density at radius 2 is 2.33 bits per heavy atom. The molecule has 1 amide bonds. The number of nitrogens with zero attached hydrogens (tertiary/aromatic N) is 3. The van der Waals surface area contributed by atoms with Crippen molar-refractivity contribution in [3.05, 3.63) is 34.6 Å². The summed E-state index contributed by atoms with van der Waals surface area (Å²) < 4.78 is 1.53. The van der Waals surface area contributed by atoms with Gasteiger partial charge in [0.1, 0.15) is 5.69 Å². The third kappa shape index (κ3) is 1.66. The molecule has 0 aliphatic carbocycles. The first-order valence-electron chi connectivity index (χ1n) is 5.33. The summed E-state index contributed by atoms with van der Waals surface area (Å²) in [6, 6.07) is 5.10. The van der Waals surface area contributed by atoms with Gasteiger partial charge in [-0.15, -0.1) is 5.10 Å². The van der Waals surface area contributed by atoms with Gasteiger partial charge in [0.2, 0.25) is 5.91 Å². The molecule has 0 bridgehead atoms. The number of aromatic nitrogens is 3. The molecule has 2 N–H and O–H groups in total.